The van der Waals surface area contributed by atoms with Crippen molar-refractivity contribution in [3.63, 3.8) is 0 Å². The minimum Gasteiger partial charge on any atom is -0.479 e. The Labute approximate surface area is 300 Å². The molecule has 0 radical (unpaired) electrons. The van der Waals surface area contributed by atoms with Crippen LogP contribution in [0.25, 0.3) is 0 Å². The largest absolute Gasteiger partial charge is 0.479 e. The first-order valence-corrected chi connectivity index (χ1v) is 19.4. The summed E-state index contributed by atoms with van der Waals surface area (Å²) in [6.45, 7) is 3.72. The molecule has 0 aromatic heterocycles. The maximum atomic E-state index is 12.7. The summed E-state index contributed by atoms with van der Waals surface area (Å²) in [5.74, 6) is -2.47. The van der Waals surface area contributed by atoms with Crippen LogP contribution in [0.4, 0.5) is 0 Å². The second-order valence-electron chi connectivity index (χ2n) is 13.4. The Balaban J connectivity index is 2.46. The van der Waals surface area contributed by atoms with Gasteiger partial charge in [-0.2, -0.15) is 0 Å². The Hall–Kier alpha value is -2.31. The molecule has 11 nitrogen and oxygen atoms in total. The number of rotatable bonds is 31. The molecule has 1 fully saturated rings. The quantitative estimate of drug-likeness (QED) is 0.0329. The summed E-state index contributed by atoms with van der Waals surface area (Å²) in [7, 11) is 0. The number of carbonyl (C=O) groups is 3. The molecule has 50 heavy (non-hydrogen) atoms. The predicted molar refractivity (Wildman–Crippen MR) is 192 cm³/mol. The van der Waals surface area contributed by atoms with E-state index < -0.39 is 61.3 Å². The van der Waals surface area contributed by atoms with Gasteiger partial charge in [0.15, 0.2) is 18.5 Å². The van der Waals surface area contributed by atoms with E-state index in [9.17, 15) is 34.8 Å². The molecule has 1 heterocycles. The van der Waals surface area contributed by atoms with E-state index in [0.717, 1.165) is 77.0 Å². The average molecular weight is 713 g/mol. The van der Waals surface area contributed by atoms with Gasteiger partial charge in [0.25, 0.3) is 0 Å². The molecule has 6 atom stereocenters. The van der Waals surface area contributed by atoms with Gasteiger partial charge in [0.2, 0.25) is 0 Å². The van der Waals surface area contributed by atoms with Crippen molar-refractivity contribution in [1.29, 1.82) is 0 Å². The van der Waals surface area contributed by atoms with Gasteiger partial charge < -0.3 is 39.4 Å². The minimum absolute atomic E-state index is 0.172. The number of allylic oxidation sites excluding steroid dienone is 4. The first kappa shape index (κ1) is 45.7. The standard InChI is InChI=1S/C39H68O11/c1-3-5-7-9-11-13-15-17-19-21-23-25-27-32(40)47-29-31(30-48-39-36(44)34(42)35(43)37(50-39)38(45)46)49-33(41)28-26-24-22-20-18-16-14-12-10-8-6-4-2/h11-14,31,34-37,39,42-44H,3-10,15-30H2,1-2H3,(H,45,46)/b13-11-,14-12-. The Morgan fingerprint density at radius 1 is 0.600 bits per heavy atom. The lowest BCUT2D eigenvalue weighted by Gasteiger charge is -2.38. The van der Waals surface area contributed by atoms with Gasteiger partial charge in [0.05, 0.1) is 6.61 Å². The van der Waals surface area contributed by atoms with Gasteiger partial charge in [-0.15, -0.1) is 0 Å². The molecular formula is C39H68O11. The molecular weight excluding hydrogens is 644 g/mol. The topological polar surface area (TPSA) is 169 Å². The third-order valence-electron chi connectivity index (χ3n) is 8.77. The maximum absolute atomic E-state index is 12.7. The maximum Gasteiger partial charge on any atom is 0.335 e. The summed E-state index contributed by atoms with van der Waals surface area (Å²) in [6, 6.07) is 0. The highest BCUT2D eigenvalue weighted by atomic mass is 16.7. The van der Waals surface area contributed by atoms with Gasteiger partial charge in [-0.1, -0.05) is 102 Å². The summed E-state index contributed by atoms with van der Waals surface area (Å²) in [5.41, 5.74) is 0. The monoisotopic (exact) mass is 712 g/mol. The van der Waals surface area contributed by atoms with Crippen LogP contribution in [0.2, 0.25) is 0 Å². The number of aliphatic hydroxyl groups excluding tert-OH is 3. The van der Waals surface area contributed by atoms with Crippen LogP contribution in [-0.2, 0) is 33.3 Å². The van der Waals surface area contributed by atoms with Gasteiger partial charge >= 0.3 is 17.9 Å². The van der Waals surface area contributed by atoms with Crippen molar-refractivity contribution < 1.29 is 53.8 Å². The molecule has 1 rings (SSSR count). The van der Waals surface area contributed by atoms with E-state index in [-0.39, 0.29) is 19.4 Å². The fraction of sp³-hybridized carbons (Fsp3) is 0.821. The zero-order valence-corrected chi connectivity index (χ0v) is 30.9. The third-order valence-corrected chi connectivity index (χ3v) is 8.77. The Kier molecular flexibility index (Phi) is 27.7. The molecule has 4 N–H and O–H groups in total. The van der Waals surface area contributed by atoms with Crippen LogP contribution in [-0.4, -0.2) is 88.4 Å². The van der Waals surface area contributed by atoms with Crippen molar-refractivity contribution in [3.8, 4) is 0 Å². The van der Waals surface area contributed by atoms with Crippen LogP contribution in [0, 0.1) is 0 Å². The summed E-state index contributed by atoms with van der Waals surface area (Å²) < 4.78 is 21.6. The van der Waals surface area contributed by atoms with E-state index >= 15 is 0 Å². The van der Waals surface area contributed by atoms with E-state index in [1.165, 1.54) is 38.5 Å². The predicted octanol–water partition coefficient (Wildman–Crippen LogP) is 7.08. The van der Waals surface area contributed by atoms with Crippen LogP contribution in [0.3, 0.4) is 0 Å². The number of aliphatic carboxylic acids is 1. The van der Waals surface area contributed by atoms with Crippen molar-refractivity contribution in [2.24, 2.45) is 0 Å². The lowest BCUT2D eigenvalue weighted by Crippen LogP contribution is -2.60. The van der Waals surface area contributed by atoms with E-state index in [4.69, 9.17) is 18.9 Å². The van der Waals surface area contributed by atoms with Crippen LogP contribution in [0.1, 0.15) is 155 Å². The summed E-state index contributed by atoms with van der Waals surface area (Å²) in [4.78, 5) is 36.6. The lowest BCUT2D eigenvalue weighted by atomic mass is 9.99. The van der Waals surface area contributed by atoms with Crippen molar-refractivity contribution in [1.82, 2.24) is 0 Å². The van der Waals surface area contributed by atoms with Gasteiger partial charge in [-0.3, -0.25) is 9.59 Å². The second-order valence-corrected chi connectivity index (χ2v) is 13.4. The van der Waals surface area contributed by atoms with Crippen LogP contribution in [0.15, 0.2) is 24.3 Å². The number of carbonyl (C=O) groups excluding carboxylic acids is 2. The highest BCUT2D eigenvalue weighted by Crippen LogP contribution is 2.23. The number of carboxylic acids is 1. The second kappa shape index (κ2) is 30.3. The molecule has 1 aliphatic rings. The zero-order valence-electron chi connectivity index (χ0n) is 30.9. The molecule has 0 aromatic carbocycles. The van der Waals surface area contributed by atoms with Crippen LogP contribution < -0.4 is 0 Å². The number of carboxylic acid groups (broad SMARTS) is 1. The third kappa shape index (κ3) is 22.5. The Morgan fingerprint density at radius 3 is 1.56 bits per heavy atom. The van der Waals surface area contributed by atoms with Crippen molar-refractivity contribution in [2.75, 3.05) is 13.2 Å². The molecule has 290 valence electrons. The molecule has 0 aliphatic carbocycles. The van der Waals surface area contributed by atoms with Gasteiger partial charge in [0, 0.05) is 12.8 Å². The zero-order chi connectivity index (χ0) is 36.8. The molecule has 1 saturated heterocycles. The van der Waals surface area contributed by atoms with Gasteiger partial charge in [-0.25, -0.2) is 4.79 Å². The number of esters is 2. The van der Waals surface area contributed by atoms with Crippen molar-refractivity contribution in [3.05, 3.63) is 24.3 Å². The van der Waals surface area contributed by atoms with E-state index in [2.05, 4.69) is 38.2 Å². The van der Waals surface area contributed by atoms with Crippen molar-refractivity contribution >= 4 is 17.9 Å². The molecule has 0 amide bonds. The number of hydrogen-bond acceptors (Lipinski definition) is 10. The Bertz CT molecular complexity index is 937. The number of unbranched alkanes of at least 4 members (excludes halogenated alkanes) is 16. The van der Waals surface area contributed by atoms with Gasteiger partial charge in [-0.05, 0) is 64.2 Å². The molecule has 11 heteroatoms. The normalized spacial score (nSPS) is 21.5. The van der Waals surface area contributed by atoms with Crippen LogP contribution >= 0.6 is 0 Å². The summed E-state index contributed by atoms with van der Waals surface area (Å²) in [6.07, 6.45) is 21.0. The van der Waals surface area contributed by atoms with Crippen molar-refractivity contribution in [2.45, 2.75) is 192 Å². The number of ether oxygens (including phenoxy) is 4. The number of hydrogen-bond donors (Lipinski definition) is 4. The molecule has 0 bridgehead atoms. The summed E-state index contributed by atoms with van der Waals surface area (Å²) in [5, 5.41) is 39.6. The highest BCUT2D eigenvalue weighted by molar-refractivity contribution is 5.73. The highest BCUT2D eigenvalue weighted by Gasteiger charge is 2.47. The SMILES string of the molecule is CCCCC/C=C\CCCCCCCC(=O)OCC(COC1OC(C(=O)O)C(O)C(O)C1O)OC(=O)CCCCCCC/C=C\CCCCC. The average Bonchev–Trinajstić information content (AvgIpc) is 3.09. The number of aliphatic hydroxyl groups is 3. The minimum atomic E-state index is -1.86. The summed E-state index contributed by atoms with van der Waals surface area (Å²) >= 11 is 0. The lowest BCUT2D eigenvalue weighted by molar-refractivity contribution is -0.298. The van der Waals surface area contributed by atoms with E-state index in [1.807, 2.05) is 0 Å². The Morgan fingerprint density at radius 2 is 1.06 bits per heavy atom. The fourth-order valence-corrected chi connectivity index (χ4v) is 5.63. The molecule has 0 spiro atoms. The van der Waals surface area contributed by atoms with E-state index in [0.29, 0.717) is 12.8 Å². The van der Waals surface area contributed by atoms with Crippen LogP contribution in [0.5, 0.6) is 0 Å². The molecule has 0 saturated carbocycles. The molecule has 1 aliphatic heterocycles. The molecule has 6 unspecified atom stereocenters. The molecule has 0 aromatic rings. The van der Waals surface area contributed by atoms with E-state index in [1.54, 1.807) is 0 Å². The smallest absolute Gasteiger partial charge is 0.335 e. The first-order chi connectivity index (χ1) is 24.2. The fourth-order valence-electron chi connectivity index (χ4n) is 5.63. The first-order valence-electron chi connectivity index (χ1n) is 19.4. The van der Waals surface area contributed by atoms with Gasteiger partial charge in [0.1, 0.15) is 24.9 Å².